The number of benzene rings is 1. The van der Waals surface area contributed by atoms with Gasteiger partial charge in [0.05, 0.1) is 30.1 Å². The lowest BCUT2D eigenvalue weighted by molar-refractivity contribution is -0.133. The Morgan fingerprint density at radius 1 is 1.16 bits per heavy atom. The minimum absolute atomic E-state index is 0.0540. The van der Waals surface area contributed by atoms with E-state index < -0.39 is 15.9 Å². The smallest absolute Gasteiger partial charge is 0.243 e. The van der Waals surface area contributed by atoms with Crippen molar-refractivity contribution in [1.82, 2.24) is 14.1 Å². The molecular formula is C29H41N3O5S. The van der Waals surface area contributed by atoms with Gasteiger partial charge in [-0.25, -0.2) is 8.42 Å². The van der Waals surface area contributed by atoms with E-state index in [0.717, 1.165) is 56.2 Å². The molecule has 1 unspecified atom stereocenters. The molecule has 2 aliphatic heterocycles. The fourth-order valence-corrected chi connectivity index (χ4v) is 8.38. The standard InChI is InChI=1S/C29H41N3O5S/c1-30(25(21-9-4-3-5-10-21)20-31-18-15-22(33)19-31)29(34)24-12-8-11-23-26(37-2)13-14-27(28(23)24)38(35,36)32-16-6-7-17-32/h4,9-10,13-14,22,24-25,33H,3,5-8,11-12,15-20H2,1-2H3/t22-,24?,25+/m0/s1. The number of fused-ring (bicyclic) bond motifs is 1. The molecule has 38 heavy (non-hydrogen) atoms. The molecule has 3 atom stereocenters. The Labute approximate surface area is 227 Å². The second kappa shape index (κ2) is 11.5. The molecule has 0 saturated carbocycles. The number of nitrogens with zero attached hydrogens (tertiary/aromatic N) is 3. The van der Waals surface area contributed by atoms with Crippen LogP contribution in [0.2, 0.25) is 0 Å². The van der Waals surface area contributed by atoms with Crippen molar-refractivity contribution in [1.29, 1.82) is 0 Å². The molecule has 0 radical (unpaired) electrons. The summed E-state index contributed by atoms with van der Waals surface area (Å²) >= 11 is 0. The van der Waals surface area contributed by atoms with E-state index in [1.54, 1.807) is 23.5 Å². The summed E-state index contributed by atoms with van der Waals surface area (Å²) < 4.78 is 34.8. The highest BCUT2D eigenvalue weighted by Crippen LogP contribution is 2.43. The van der Waals surface area contributed by atoms with E-state index in [-0.39, 0.29) is 22.9 Å². The van der Waals surface area contributed by atoms with Gasteiger partial charge in [0, 0.05) is 39.8 Å². The first-order valence-electron chi connectivity index (χ1n) is 14.0. The molecule has 1 aromatic carbocycles. The van der Waals surface area contributed by atoms with Crippen LogP contribution in [0.3, 0.4) is 0 Å². The van der Waals surface area contributed by atoms with Gasteiger partial charge < -0.3 is 14.7 Å². The molecule has 0 spiro atoms. The number of amides is 1. The highest BCUT2D eigenvalue weighted by molar-refractivity contribution is 7.89. The van der Waals surface area contributed by atoms with Crippen molar-refractivity contribution >= 4 is 15.9 Å². The van der Waals surface area contributed by atoms with Gasteiger partial charge in [-0.1, -0.05) is 18.2 Å². The number of methoxy groups -OCH3 is 1. The Balaban J connectivity index is 1.51. The number of rotatable bonds is 8. The SMILES string of the molecule is COc1ccc(S(=O)(=O)N2CCCC2)c2c1CCCC2C(=O)N(C)[C@H](CN1CC[C@H](O)C1)C1=CCCC=C1. The summed E-state index contributed by atoms with van der Waals surface area (Å²) in [5, 5.41) is 10.1. The van der Waals surface area contributed by atoms with E-state index in [1.165, 1.54) is 0 Å². The average molecular weight is 544 g/mol. The van der Waals surface area contributed by atoms with Crippen molar-refractivity contribution < 1.29 is 23.1 Å². The van der Waals surface area contributed by atoms with Crippen LogP contribution < -0.4 is 4.74 Å². The van der Waals surface area contributed by atoms with Gasteiger partial charge in [-0.05, 0) is 80.2 Å². The van der Waals surface area contributed by atoms with E-state index in [2.05, 4.69) is 23.1 Å². The third-order valence-electron chi connectivity index (χ3n) is 8.65. The minimum Gasteiger partial charge on any atom is -0.496 e. The van der Waals surface area contributed by atoms with Crippen molar-refractivity contribution in [2.75, 3.05) is 46.9 Å². The number of hydrogen-bond acceptors (Lipinski definition) is 6. The quantitative estimate of drug-likeness (QED) is 0.542. The van der Waals surface area contributed by atoms with Crippen LogP contribution in [-0.4, -0.2) is 92.6 Å². The minimum atomic E-state index is -3.71. The van der Waals surface area contributed by atoms with Gasteiger partial charge in [-0.15, -0.1) is 0 Å². The van der Waals surface area contributed by atoms with Crippen molar-refractivity contribution in [2.45, 2.75) is 74.3 Å². The molecule has 208 valence electrons. The van der Waals surface area contributed by atoms with Crippen LogP contribution in [0.25, 0.3) is 0 Å². The van der Waals surface area contributed by atoms with Crippen LogP contribution in [0.4, 0.5) is 0 Å². The summed E-state index contributed by atoms with van der Waals surface area (Å²) in [6, 6.07) is 3.23. The fourth-order valence-electron chi connectivity index (χ4n) is 6.58. The first kappa shape index (κ1) is 27.4. The lowest BCUT2D eigenvalue weighted by Gasteiger charge is -2.37. The fraction of sp³-hybridized carbons (Fsp3) is 0.621. The molecule has 2 fully saturated rings. The van der Waals surface area contributed by atoms with Crippen LogP contribution in [0.5, 0.6) is 5.75 Å². The monoisotopic (exact) mass is 543 g/mol. The van der Waals surface area contributed by atoms with Gasteiger partial charge in [0.1, 0.15) is 5.75 Å². The number of carbonyl (C=O) groups excluding carboxylic acids is 1. The molecule has 5 rings (SSSR count). The average Bonchev–Trinajstić information content (AvgIpc) is 3.63. The number of carbonyl (C=O) groups is 1. The maximum Gasteiger partial charge on any atom is 0.243 e. The Kier molecular flexibility index (Phi) is 8.28. The van der Waals surface area contributed by atoms with Gasteiger partial charge in [-0.2, -0.15) is 4.31 Å². The highest BCUT2D eigenvalue weighted by atomic mass is 32.2. The maximum atomic E-state index is 14.3. The summed E-state index contributed by atoms with van der Waals surface area (Å²) in [6.45, 7) is 3.10. The predicted molar refractivity (Wildman–Crippen MR) is 147 cm³/mol. The van der Waals surface area contributed by atoms with E-state index >= 15 is 0 Å². The maximum absolute atomic E-state index is 14.3. The first-order valence-corrected chi connectivity index (χ1v) is 15.5. The lowest BCUT2D eigenvalue weighted by atomic mass is 9.81. The third kappa shape index (κ3) is 5.30. The molecule has 9 heteroatoms. The molecule has 1 aromatic rings. The first-order chi connectivity index (χ1) is 18.3. The van der Waals surface area contributed by atoms with Gasteiger partial charge in [0.25, 0.3) is 0 Å². The molecule has 0 aromatic heterocycles. The van der Waals surface area contributed by atoms with Gasteiger partial charge in [0.15, 0.2) is 0 Å². The summed E-state index contributed by atoms with van der Waals surface area (Å²) in [5.41, 5.74) is 2.59. The van der Waals surface area contributed by atoms with E-state index in [4.69, 9.17) is 4.74 Å². The Bertz CT molecular complexity index is 1200. The largest absolute Gasteiger partial charge is 0.496 e. The Morgan fingerprint density at radius 2 is 1.95 bits per heavy atom. The number of aliphatic hydroxyl groups is 1. The second-order valence-electron chi connectivity index (χ2n) is 11.1. The lowest BCUT2D eigenvalue weighted by Crippen LogP contribution is -2.47. The summed E-state index contributed by atoms with van der Waals surface area (Å²) in [5.74, 6) is 0.0498. The second-order valence-corrected chi connectivity index (χ2v) is 13.0. The van der Waals surface area contributed by atoms with Crippen molar-refractivity contribution in [3.05, 3.63) is 47.1 Å². The molecule has 0 bridgehead atoms. The molecule has 1 N–H and O–H groups in total. The van der Waals surface area contributed by atoms with Crippen LogP contribution in [-0.2, 0) is 21.2 Å². The third-order valence-corrected chi connectivity index (χ3v) is 10.6. The van der Waals surface area contributed by atoms with Gasteiger partial charge in [-0.3, -0.25) is 9.69 Å². The van der Waals surface area contributed by atoms with Crippen molar-refractivity contribution in [2.24, 2.45) is 0 Å². The number of sulfonamides is 1. The van der Waals surface area contributed by atoms with E-state index in [9.17, 15) is 18.3 Å². The highest BCUT2D eigenvalue weighted by Gasteiger charge is 2.40. The molecule has 1 amide bonds. The van der Waals surface area contributed by atoms with E-state index in [1.807, 2.05) is 11.9 Å². The van der Waals surface area contributed by atoms with Gasteiger partial charge >= 0.3 is 0 Å². The number of ether oxygens (including phenoxy) is 1. The molecular weight excluding hydrogens is 502 g/mol. The zero-order chi connectivity index (χ0) is 26.9. The molecule has 2 heterocycles. The normalized spacial score (nSPS) is 25.2. The molecule has 8 nitrogen and oxygen atoms in total. The number of likely N-dealkylation sites (N-methyl/N-ethyl adjacent to an activating group) is 1. The van der Waals surface area contributed by atoms with Crippen molar-refractivity contribution in [3.63, 3.8) is 0 Å². The molecule has 4 aliphatic rings. The number of β-amino-alcohol motifs (C(OH)–C–C–N with tert-alkyl or cyclic N) is 1. The molecule has 2 aliphatic carbocycles. The van der Waals surface area contributed by atoms with Crippen LogP contribution in [0.15, 0.2) is 40.8 Å². The topological polar surface area (TPSA) is 90.4 Å². The Morgan fingerprint density at radius 3 is 2.61 bits per heavy atom. The van der Waals surface area contributed by atoms with Crippen molar-refractivity contribution in [3.8, 4) is 5.75 Å². The number of likely N-dealkylation sites (tertiary alicyclic amines) is 1. The van der Waals surface area contributed by atoms with Gasteiger partial charge in [0.2, 0.25) is 15.9 Å². The summed E-state index contributed by atoms with van der Waals surface area (Å²) in [4.78, 5) is 18.7. The summed E-state index contributed by atoms with van der Waals surface area (Å²) in [7, 11) is -0.260. The predicted octanol–water partition coefficient (Wildman–Crippen LogP) is 3.07. The van der Waals surface area contributed by atoms with Crippen LogP contribution >= 0.6 is 0 Å². The molecule has 2 saturated heterocycles. The summed E-state index contributed by atoms with van der Waals surface area (Å²) in [6.07, 6.45) is 12.6. The van der Waals surface area contributed by atoms with Crippen LogP contribution in [0.1, 0.15) is 62.0 Å². The zero-order valence-electron chi connectivity index (χ0n) is 22.6. The van der Waals surface area contributed by atoms with E-state index in [0.29, 0.717) is 50.3 Å². The van der Waals surface area contributed by atoms with Crippen LogP contribution in [0, 0.1) is 0 Å². The number of hydrogen-bond donors (Lipinski definition) is 1. The zero-order valence-corrected chi connectivity index (χ0v) is 23.5. The Hall–Kier alpha value is -2.20. The number of aliphatic hydroxyl groups excluding tert-OH is 1. The number of allylic oxidation sites excluding steroid dienone is 2.